The summed E-state index contributed by atoms with van der Waals surface area (Å²) < 4.78 is 5.86. The van der Waals surface area contributed by atoms with Gasteiger partial charge in [0.25, 0.3) is 0 Å². The molecule has 1 aromatic carbocycles. The van der Waals surface area contributed by atoms with E-state index in [0.717, 1.165) is 22.1 Å². The zero-order valence-corrected chi connectivity index (χ0v) is 14.2. The highest BCUT2D eigenvalue weighted by atomic mass is 79.9. The Hall–Kier alpha value is -1.40. The van der Waals surface area contributed by atoms with Gasteiger partial charge in [-0.05, 0) is 37.1 Å². The predicted molar refractivity (Wildman–Crippen MR) is 86.4 cm³/mol. The van der Waals surface area contributed by atoms with Crippen molar-refractivity contribution in [3.8, 4) is 0 Å². The molecule has 116 valence electrons. The van der Waals surface area contributed by atoms with Crippen molar-refractivity contribution in [2.75, 3.05) is 31.7 Å². The molecule has 0 aliphatic rings. The van der Waals surface area contributed by atoms with Crippen LogP contribution in [0.5, 0.6) is 0 Å². The minimum atomic E-state index is -0.177. The number of benzene rings is 1. The monoisotopic (exact) mass is 356 g/mol. The molecule has 0 atom stereocenters. The van der Waals surface area contributed by atoms with Crippen LogP contribution in [-0.2, 0) is 14.3 Å². The molecule has 0 spiro atoms. The minimum Gasteiger partial charge on any atom is -0.385 e. The Morgan fingerprint density at radius 3 is 2.67 bits per heavy atom. The topological polar surface area (TPSA) is 58.6 Å². The van der Waals surface area contributed by atoms with Gasteiger partial charge in [0.1, 0.15) is 6.54 Å². The molecule has 0 aliphatic heterocycles. The van der Waals surface area contributed by atoms with Gasteiger partial charge in [0.2, 0.25) is 11.8 Å². The van der Waals surface area contributed by atoms with Crippen LogP contribution >= 0.6 is 15.9 Å². The molecule has 0 saturated heterocycles. The smallest absolute Gasteiger partial charge is 0.240 e. The number of aryl methyl sites for hydroxylation is 1. The van der Waals surface area contributed by atoms with E-state index in [1.165, 1.54) is 11.8 Å². The van der Waals surface area contributed by atoms with Gasteiger partial charge in [0, 0.05) is 37.3 Å². The SMILES string of the molecule is COCCCNC(=O)CN(C(C)=O)c1ccc(Br)cc1C. The minimum absolute atomic E-state index is 0.0186. The summed E-state index contributed by atoms with van der Waals surface area (Å²) in [5.74, 6) is -0.337. The van der Waals surface area contributed by atoms with Crippen molar-refractivity contribution in [1.82, 2.24) is 5.32 Å². The second kappa shape index (κ2) is 8.79. The lowest BCUT2D eigenvalue weighted by Gasteiger charge is -2.22. The lowest BCUT2D eigenvalue weighted by Crippen LogP contribution is -2.40. The molecule has 0 unspecified atom stereocenters. The van der Waals surface area contributed by atoms with E-state index < -0.39 is 0 Å². The molecule has 21 heavy (non-hydrogen) atoms. The third-order valence-corrected chi connectivity index (χ3v) is 3.47. The Morgan fingerprint density at radius 1 is 1.38 bits per heavy atom. The van der Waals surface area contributed by atoms with Crippen molar-refractivity contribution >= 4 is 33.4 Å². The van der Waals surface area contributed by atoms with Gasteiger partial charge in [-0.1, -0.05) is 15.9 Å². The lowest BCUT2D eigenvalue weighted by molar-refractivity contribution is -0.123. The highest BCUT2D eigenvalue weighted by Crippen LogP contribution is 2.23. The number of carbonyl (C=O) groups is 2. The number of methoxy groups -OCH3 is 1. The van der Waals surface area contributed by atoms with Crippen molar-refractivity contribution in [3.05, 3.63) is 28.2 Å². The summed E-state index contributed by atoms with van der Waals surface area (Å²) in [6, 6.07) is 5.61. The molecule has 0 aliphatic carbocycles. The summed E-state index contributed by atoms with van der Waals surface area (Å²) in [7, 11) is 1.62. The average molecular weight is 357 g/mol. The Morgan fingerprint density at radius 2 is 2.10 bits per heavy atom. The number of nitrogens with one attached hydrogen (secondary N) is 1. The van der Waals surface area contributed by atoms with Gasteiger partial charge in [-0.2, -0.15) is 0 Å². The molecule has 1 N–H and O–H groups in total. The molecular weight excluding hydrogens is 336 g/mol. The van der Waals surface area contributed by atoms with Crippen LogP contribution in [-0.4, -0.2) is 38.6 Å². The molecule has 0 fully saturated rings. The molecule has 5 nitrogen and oxygen atoms in total. The second-order valence-electron chi connectivity index (χ2n) is 4.73. The summed E-state index contributed by atoms with van der Waals surface area (Å²) in [6.45, 7) is 4.53. The Kier molecular flexibility index (Phi) is 7.39. The fourth-order valence-electron chi connectivity index (χ4n) is 1.93. The van der Waals surface area contributed by atoms with Gasteiger partial charge in [-0.3, -0.25) is 9.59 Å². The van der Waals surface area contributed by atoms with Gasteiger partial charge in [-0.15, -0.1) is 0 Å². The number of rotatable bonds is 7. The van der Waals surface area contributed by atoms with Crippen LogP contribution in [0.3, 0.4) is 0 Å². The second-order valence-corrected chi connectivity index (χ2v) is 5.65. The lowest BCUT2D eigenvalue weighted by atomic mass is 10.2. The van der Waals surface area contributed by atoms with E-state index in [4.69, 9.17) is 4.74 Å². The van der Waals surface area contributed by atoms with Crippen LogP contribution in [0.2, 0.25) is 0 Å². The third kappa shape index (κ3) is 5.85. The van der Waals surface area contributed by atoms with Crippen molar-refractivity contribution < 1.29 is 14.3 Å². The predicted octanol–water partition coefficient (Wildman–Crippen LogP) is 2.26. The third-order valence-electron chi connectivity index (χ3n) is 2.98. The number of ether oxygens (including phenoxy) is 1. The number of halogens is 1. The first-order chi connectivity index (χ1) is 9.95. The highest BCUT2D eigenvalue weighted by molar-refractivity contribution is 9.10. The quantitative estimate of drug-likeness (QED) is 0.762. The molecule has 2 amide bonds. The summed E-state index contributed by atoms with van der Waals surface area (Å²) in [5, 5.41) is 2.78. The van der Waals surface area contributed by atoms with Crippen LogP contribution in [0, 0.1) is 6.92 Å². The van der Waals surface area contributed by atoms with Gasteiger partial charge in [-0.25, -0.2) is 0 Å². The van der Waals surface area contributed by atoms with E-state index in [-0.39, 0.29) is 18.4 Å². The van der Waals surface area contributed by atoms with Crippen LogP contribution < -0.4 is 10.2 Å². The van der Waals surface area contributed by atoms with E-state index in [1.54, 1.807) is 7.11 Å². The van der Waals surface area contributed by atoms with Crippen LogP contribution in [0.4, 0.5) is 5.69 Å². The Labute approximate surface area is 133 Å². The van der Waals surface area contributed by atoms with Crippen LogP contribution in [0.1, 0.15) is 18.9 Å². The van der Waals surface area contributed by atoms with Gasteiger partial charge in [0.05, 0.1) is 0 Å². The van der Waals surface area contributed by atoms with E-state index in [9.17, 15) is 9.59 Å². The van der Waals surface area contributed by atoms with Crippen LogP contribution in [0.25, 0.3) is 0 Å². The molecule has 6 heteroatoms. The molecule has 0 heterocycles. The average Bonchev–Trinajstić information content (AvgIpc) is 2.41. The normalized spacial score (nSPS) is 10.3. The zero-order valence-electron chi connectivity index (χ0n) is 12.6. The van der Waals surface area contributed by atoms with E-state index in [2.05, 4.69) is 21.2 Å². The van der Waals surface area contributed by atoms with Crippen LogP contribution in [0.15, 0.2) is 22.7 Å². The van der Waals surface area contributed by atoms with Crippen molar-refractivity contribution in [2.45, 2.75) is 20.3 Å². The maximum absolute atomic E-state index is 11.9. The first-order valence-corrected chi connectivity index (χ1v) is 7.55. The maximum Gasteiger partial charge on any atom is 0.240 e. The summed E-state index contributed by atoms with van der Waals surface area (Å²) >= 11 is 3.39. The standard InChI is InChI=1S/C15H21BrN2O3/c1-11-9-13(16)5-6-14(11)18(12(2)19)10-15(20)17-7-4-8-21-3/h5-6,9H,4,7-8,10H2,1-3H3,(H,17,20). The highest BCUT2D eigenvalue weighted by Gasteiger charge is 2.17. The summed E-state index contributed by atoms with van der Waals surface area (Å²) in [4.78, 5) is 25.2. The number of nitrogens with zero attached hydrogens (tertiary/aromatic N) is 1. The maximum atomic E-state index is 11.9. The van der Waals surface area contributed by atoms with E-state index >= 15 is 0 Å². The van der Waals surface area contributed by atoms with Gasteiger partial charge in [0.15, 0.2) is 0 Å². The van der Waals surface area contributed by atoms with Crippen molar-refractivity contribution in [3.63, 3.8) is 0 Å². The largest absolute Gasteiger partial charge is 0.385 e. The number of carbonyl (C=O) groups excluding carboxylic acids is 2. The van der Waals surface area contributed by atoms with Gasteiger partial charge < -0.3 is 15.0 Å². The van der Waals surface area contributed by atoms with Crippen molar-refractivity contribution in [1.29, 1.82) is 0 Å². The fourth-order valence-corrected chi connectivity index (χ4v) is 2.41. The molecule has 0 bridgehead atoms. The molecule has 0 saturated carbocycles. The Balaban J connectivity index is 2.70. The number of hydrogen-bond donors (Lipinski definition) is 1. The van der Waals surface area contributed by atoms with E-state index in [0.29, 0.717) is 13.2 Å². The molecule has 1 aromatic rings. The first kappa shape index (κ1) is 17.7. The number of hydrogen-bond acceptors (Lipinski definition) is 3. The molecule has 1 rings (SSSR count). The van der Waals surface area contributed by atoms with Crippen molar-refractivity contribution in [2.24, 2.45) is 0 Å². The molecule has 0 radical (unpaired) electrons. The summed E-state index contributed by atoms with van der Waals surface area (Å²) in [5.41, 5.74) is 1.68. The number of anilines is 1. The van der Waals surface area contributed by atoms with E-state index in [1.807, 2.05) is 25.1 Å². The first-order valence-electron chi connectivity index (χ1n) is 6.75. The molecular formula is C15H21BrN2O3. The number of amides is 2. The Bertz CT molecular complexity index is 506. The van der Waals surface area contributed by atoms with Gasteiger partial charge >= 0.3 is 0 Å². The fraction of sp³-hybridized carbons (Fsp3) is 0.467. The zero-order chi connectivity index (χ0) is 15.8. The molecule has 0 aromatic heterocycles. The summed E-state index contributed by atoms with van der Waals surface area (Å²) in [6.07, 6.45) is 0.750.